The highest BCUT2D eigenvalue weighted by Crippen LogP contribution is 2.15. The standard InChI is InChI=1S/C18H16FN3OS/c19-15-4-6-16(7-5-15)21-18(23)22(11-14-8-10-24-13-14)12-17-3-1-2-9-20-17/h1-10,13H,11-12H2,(H,21,23). The van der Waals surface area contributed by atoms with Crippen molar-refractivity contribution < 1.29 is 9.18 Å². The summed E-state index contributed by atoms with van der Waals surface area (Å²) in [4.78, 5) is 18.6. The molecular formula is C18H16FN3OS. The van der Waals surface area contributed by atoms with Gasteiger partial charge in [0.25, 0.3) is 0 Å². The fourth-order valence-corrected chi connectivity index (χ4v) is 2.89. The third kappa shape index (κ3) is 4.39. The number of benzene rings is 1. The van der Waals surface area contributed by atoms with Gasteiger partial charge in [0.15, 0.2) is 0 Å². The Bertz CT molecular complexity index is 776. The van der Waals surface area contributed by atoms with Crippen molar-refractivity contribution >= 4 is 23.1 Å². The van der Waals surface area contributed by atoms with E-state index in [4.69, 9.17) is 0 Å². The van der Waals surface area contributed by atoms with Crippen molar-refractivity contribution in [3.05, 3.63) is 82.6 Å². The Hall–Kier alpha value is -2.73. The molecule has 0 aliphatic heterocycles. The van der Waals surface area contributed by atoms with Crippen LogP contribution in [-0.4, -0.2) is 15.9 Å². The van der Waals surface area contributed by atoms with Gasteiger partial charge in [-0.05, 0) is 58.8 Å². The van der Waals surface area contributed by atoms with Gasteiger partial charge in [-0.1, -0.05) is 6.07 Å². The van der Waals surface area contributed by atoms with Crippen LogP contribution < -0.4 is 5.32 Å². The van der Waals surface area contributed by atoms with Crippen molar-refractivity contribution in [2.24, 2.45) is 0 Å². The first kappa shape index (κ1) is 16.1. The van der Waals surface area contributed by atoms with E-state index in [0.29, 0.717) is 18.8 Å². The third-order valence-corrected chi connectivity index (χ3v) is 4.15. The molecule has 1 aromatic carbocycles. The van der Waals surface area contributed by atoms with Crippen molar-refractivity contribution in [2.45, 2.75) is 13.1 Å². The van der Waals surface area contributed by atoms with E-state index in [1.807, 2.05) is 35.0 Å². The summed E-state index contributed by atoms with van der Waals surface area (Å²) in [6.07, 6.45) is 1.70. The fourth-order valence-electron chi connectivity index (χ4n) is 2.23. The molecule has 0 atom stereocenters. The molecule has 0 radical (unpaired) electrons. The van der Waals surface area contributed by atoms with E-state index in [1.165, 1.54) is 24.3 Å². The minimum atomic E-state index is -0.336. The molecule has 0 saturated carbocycles. The van der Waals surface area contributed by atoms with Gasteiger partial charge in [-0.15, -0.1) is 0 Å². The molecule has 2 heterocycles. The number of nitrogens with one attached hydrogen (secondary N) is 1. The maximum atomic E-state index is 13.0. The van der Waals surface area contributed by atoms with E-state index in [0.717, 1.165) is 11.3 Å². The monoisotopic (exact) mass is 341 g/mol. The molecule has 0 spiro atoms. The average molecular weight is 341 g/mol. The lowest BCUT2D eigenvalue weighted by Gasteiger charge is -2.22. The number of aromatic nitrogens is 1. The molecule has 0 unspecified atom stereocenters. The number of nitrogens with zero attached hydrogens (tertiary/aromatic N) is 2. The molecule has 2 amide bonds. The van der Waals surface area contributed by atoms with Crippen LogP contribution in [0.3, 0.4) is 0 Å². The topological polar surface area (TPSA) is 45.2 Å². The summed E-state index contributed by atoms with van der Waals surface area (Å²) in [6, 6.07) is 13.1. The Balaban J connectivity index is 1.74. The average Bonchev–Trinajstić information content (AvgIpc) is 3.10. The second kappa shape index (κ2) is 7.70. The van der Waals surface area contributed by atoms with E-state index in [1.54, 1.807) is 22.4 Å². The molecule has 0 saturated heterocycles. The molecule has 122 valence electrons. The summed E-state index contributed by atoms with van der Waals surface area (Å²) in [6.45, 7) is 0.872. The molecule has 24 heavy (non-hydrogen) atoms. The van der Waals surface area contributed by atoms with E-state index in [-0.39, 0.29) is 11.8 Å². The quantitative estimate of drug-likeness (QED) is 0.742. The molecule has 1 N–H and O–H groups in total. The lowest BCUT2D eigenvalue weighted by Crippen LogP contribution is -2.34. The predicted molar refractivity (Wildman–Crippen MR) is 93.2 cm³/mol. The highest BCUT2D eigenvalue weighted by molar-refractivity contribution is 7.07. The molecule has 3 aromatic rings. The Morgan fingerprint density at radius 3 is 2.62 bits per heavy atom. The number of pyridine rings is 1. The number of thiophene rings is 1. The Morgan fingerprint density at radius 1 is 1.12 bits per heavy atom. The number of carbonyl (C=O) groups is 1. The first-order valence-corrected chi connectivity index (χ1v) is 8.37. The smallest absolute Gasteiger partial charge is 0.314 e. The molecule has 3 rings (SSSR count). The number of carbonyl (C=O) groups excluding carboxylic acids is 1. The number of hydrogen-bond acceptors (Lipinski definition) is 3. The summed E-state index contributed by atoms with van der Waals surface area (Å²) in [5.74, 6) is -0.336. The third-order valence-electron chi connectivity index (χ3n) is 3.42. The summed E-state index contributed by atoms with van der Waals surface area (Å²) in [5.41, 5.74) is 2.42. The zero-order chi connectivity index (χ0) is 16.8. The van der Waals surface area contributed by atoms with Crippen molar-refractivity contribution in [1.29, 1.82) is 0 Å². The first-order chi connectivity index (χ1) is 11.7. The molecular weight excluding hydrogens is 325 g/mol. The zero-order valence-corrected chi connectivity index (χ0v) is 13.7. The molecule has 0 aliphatic rings. The van der Waals surface area contributed by atoms with Crippen LogP contribution in [0.2, 0.25) is 0 Å². The Kier molecular flexibility index (Phi) is 5.18. The maximum Gasteiger partial charge on any atom is 0.322 e. The lowest BCUT2D eigenvalue weighted by atomic mass is 10.2. The van der Waals surface area contributed by atoms with Gasteiger partial charge >= 0.3 is 6.03 Å². The lowest BCUT2D eigenvalue weighted by molar-refractivity contribution is 0.206. The van der Waals surface area contributed by atoms with Crippen molar-refractivity contribution in [2.75, 3.05) is 5.32 Å². The molecule has 2 aromatic heterocycles. The summed E-state index contributed by atoms with van der Waals surface area (Å²) in [7, 11) is 0. The summed E-state index contributed by atoms with van der Waals surface area (Å²) in [5, 5.41) is 6.79. The van der Waals surface area contributed by atoms with Crippen LogP contribution in [0.25, 0.3) is 0 Å². The largest absolute Gasteiger partial charge is 0.322 e. The normalized spacial score (nSPS) is 10.4. The molecule has 0 bridgehead atoms. The highest BCUT2D eigenvalue weighted by Gasteiger charge is 2.15. The van der Waals surface area contributed by atoms with Gasteiger partial charge in [0.05, 0.1) is 12.2 Å². The SMILES string of the molecule is O=C(Nc1ccc(F)cc1)N(Cc1ccsc1)Cc1ccccn1. The van der Waals surface area contributed by atoms with Gasteiger partial charge in [0, 0.05) is 18.4 Å². The Labute approximate surface area is 143 Å². The van der Waals surface area contributed by atoms with Gasteiger partial charge < -0.3 is 10.2 Å². The summed E-state index contributed by atoms with van der Waals surface area (Å²) < 4.78 is 13.0. The van der Waals surface area contributed by atoms with Crippen LogP contribution in [0.15, 0.2) is 65.5 Å². The predicted octanol–water partition coefficient (Wildman–Crippen LogP) is 4.52. The van der Waals surface area contributed by atoms with Crippen molar-refractivity contribution in [1.82, 2.24) is 9.88 Å². The van der Waals surface area contributed by atoms with E-state index < -0.39 is 0 Å². The number of halogens is 1. The molecule has 6 heteroatoms. The van der Waals surface area contributed by atoms with Crippen LogP contribution in [0.5, 0.6) is 0 Å². The minimum absolute atomic E-state index is 0.251. The van der Waals surface area contributed by atoms with E-state index in [9.17, 15) is 9.18 Å². The maximum absolute atomic E-state index is 13.0. The summed E-state index contributed by atoms with van der Waals surface area (Å²) >= 11 is 1.59. The van der Waals surface area contributed by atoms with Crippen molar-refractivity contribution in [3.8, 4) is 0 Å². The molecule has 0 fully saturated rings. The van der Waals surface area contributed by atoms with Crippen LogP contribution in [-0.2, 0) is 13.1 Å². The van der Waals surface area contributed by atoms with Crippen molar-refractivity contribution in [3.63, 3.8) is 0 Å². The van der Waals surface area contributed by atoms with Gasteiger partial charge in [-0.2, -0.15) is 11.3 Å². The van der Waals surface area contributed by atoms with Crippen LogP contribution in [0.1, 0.15) is 11.3 Å². The van der Waals surface area contributed by atoms with Gasteiger partial charge in [-0.3, -0.25) is 4.98 Å². The molecule has 0 aliphatic carbocycles. The highest BCUT2D eigenvalue weighted by atomic mass is 32.1. The second-order valence-corrected chi connectivity index (χ2v) is 6.03. The molecule has 4 nitrogen and oxygen atoms in total. The second-order valence-electron chi connectivity index (χ2n) is 5.25. The number of urea groups is 1. The zero-order valence-electron chi connectivity index (χ0n) is 12.9. The first-order valence-electron chi connectivity index (χ1n) is 7.43. The number of hydrogen-bond donors (Lipinski definition) is 1. The van der Waals surface area contributed by atoms with E-state index >= 15 is 0 Å². The van der Waals surface area contributed by atoms with Gasteiger partial charge in [0.2, 0.25) is 0 Å². The number of rotatable bonds is 5. The van der Waals surface area contributed by atoms with E-state index in [2.05, 4.69) is 10.3 Å². The van der Waals surface area contributed by atoms with Crippen LogP contribution >= 0.6 is 11.3 Å². The fraction of sp³-hybridized carbons (Fsp3) is 0.111. The van der Waals surface area contributed by atoms with Gasteiger partial charge in [-0.25, -0.2) is 9.18 Å². The number of amides is 2. The van der Waals surface area contributed by atoms with Crippen LogP contribution in [0, 0.1) is 5.82 Å². The minimum Gasteiger partial charge on any atom is -0.314 e. The van der Waals surface area contributed by atoms with Crippen LogP contribution in [0.4, 0.5) is 14.9 Å². The Morgan fingerprint density at radius 2 is 1.96 bits per heavy atom. The van der Waals surface area contributed by atoms with Gasteiger partial charge in [0.1, 0.15) is 5.82 Å². The number of anilines is 1.